The predicted molar refractivity (Wildman–Crippen MR) is 89.4 cm³/mol. The summed E-state index contributed by atoms with van der Waals surface area (Å²) in [4.78, 5) is 8.48. The number of ether oxygens (including phenoxy) is 1. The van der Waals surface area contributed by atoms with Crippen molar-refractivity contribution in [3.63, 3.8) is 0 Å². The zero-order chi connectivity index (χ0) is 15.6. The van der Waals surface area contributed by atoms with Gasteiger partial charge in [-0.05, 0) is 30.3 Å². The highest BCUT2D eigenvalue weighted by atomic mass is 35.5. The van der Waals surface area contributed by atoms with Crippen LogP contribution in [0.2, 0.25) is 5.02 Å². The van der Waals surface area contributed by atoms with E-state index in [9.17, 15) is 0 Å². The number of hydrogen-bond donors (Lipinski definition) is 2. The molecule has 1 aromatic carbocycles. The Morgan fingerprint density at radius 2 is 2.18 bits per heavy atom. The van der Waals surface area contributed by atoms with Gasteiger partial charge in [-0.25, -0.2) is 0 Å². The Bertz CT molecular complexity index is 604. The fraction of sp³-hybridized carbons (Fsp3) is 0.250. The molecule has 0 bridgehead atoms. The van der Waals surface area contributed by atoms with E-state index in [0.29, 0.717) is 30.7 Å². The van der Waals surface area contributed by atoms with Gasteiger partial charge >= 0.3 is 0 Å². The second-order valence-electron chi connectivity index (χ2n) is 4.57. The quantitative estimate of drug-likeness (QED) is 0.466. The van der Waals surface area contributed by atoms with Crippen molar-refractivity contribution >= 4 is 17.6 Å². The van der Waals surface area contributed by atoms with Crippen LogP contribution in [0.4, 0.5) is 0 Å². The summed E-state index contributed by atoms with van der Waals surface area (Å²) in [6.45, 7) is 1.66. The number of hydrogen-bond acceptors (Lipinski definition) is 3. The minimum Gasteiger partial charge on any atom is -0.492 e. The standard InChI is InChI=1S/C16H19ClN4O/c17-13-4-3-6-15(12-13)22-11-10-21-16(18)20-9-7-14-5-1-2-8-19-14/h1-6,8,12H,7,9-11H2,(H3,18,20,21). The van der Waals surface area contributed by atoms with E-state index in [4.69, 9.17) is 22.1 Å². The largest absolute Gasteiger partial charge is 0.492 e. The topological polar surface area (TPSA) is 72.5 Å². The maximum absolute atomic E-state index is 5.88. The summed E-state index contributed by atoms with van der Waals surface area (Å²) in [6.07, 6.45) is 2.54. The van der Waals surface area contributed by atoms with Gasteiger partial charge in [0, 0.05) is 29.9 Å². The number of nitrogens with one attached hydrogen (secondary N) is 1. The van der Waals surface area contributed by atoms with Crippen LogP contribution in [0.5, 0.6) is 5.75 Å². The highest BCUT2D eigenvalue weighted by molar-refractivity contribution is 6.30. The minimum atomic E-state index is 0.408. The van der Waals surface area contributed by atoms with Crippen LogP contribution in [0.15, 0.2) is 53.7 Å². The fourth-order valence-electron chi connectivity index (χ4n) is 1.80. The molecule has 22 heavy (non-hydrogen) atoms. The molecule has 0 aliphatic rings. The van der Waals surface area contributed by atoms with Gasteiger partial charge in [0.25, 0.3) is 0 Å². The van der Waals surface area contributed by atoms with Crippen LogP contribution in [0.1, 0.15) is 5.69 Å². The van der Waals surface area contributed by atoms with Gasteiger partial charge in [0.15, 0.2) is 5.96 Å². The van der Waals surface area contributed by atoms with Crippen molar-refractivity contribution < 1.29 is 4.74 Å². The lowest BCUT2D eigenvalue weighted by Gasteiger charge is -2.08. The molecule has 2 rings (SSSR count). The van der Waals surface area contributed by atoms with E-state index >= 15 is 0 Å². The van der Waals surface area contributed by atoms with Gasteiger partial charge in [-0.1, -0.05) is 23.7 Å². The second kappa shape index (κ2) is 8.89. The number of pyridine rings is 1. The maximum Gasteiger partial charge on any atom is 0.188 e. The molecule has 1 aromatic heterocycles. The number of benzene rings is 1. The first kappa shape index (κ1) is 16.1. The molecule has 6 heteroatoms. The average molecular weight is 319 g/mol. The number of aliphatic imine (C=N–C) groups is 1. The lowest BCUT2D eigenvalue weighted by molar-refractivity contribution is 0.322. The number of nitrogens with two attached hydrogens (primary N) is 1. The molecular formula is C16H19ClN4O. The Kier molecular flexibility index (Phi) is 6.51. The molecule has 0 unspecified atom stereocenters. The van der Waals surface area contributed by atoms with Gasteiger partial charge in [-0.15, -0.1) is 0 Å². The SMILES string of the molecule is NC(=NCCc1ccccn1)NCCOc1cccc(Cl)c1. The molecule has 0 fully saturated rings. The summed E-state index contributed by atoms with van der Waals surface area (Å²) in [5.41, 5.74) is 6.79. The molecule has 116 valence electrons. The van der Waals surface area contributed by atoms with Crippen molar-refractivity contribution in [2.75, 3.05) is 19.7 Å². The van der Waals surface area contributed by atoms with Crippen molar-refractivity contribution in [1.29, 1.82) is 0 Å². The van der Waals surface area contributed by atoms with Crippen molar-refractivity contribution in [1.82, 2.24) is 10.3 Å². The van der Waals surface area contributed by atoms with Crippen LogP contribution in [0.25, 0.3) is 0 Å². The van der Waals surface area contributed by atoms with Crippen LogP contribution in [0, 0.1) is 0 Å². The van der Waals surface area contributed by atoms with Gasteiger partial charge in [0.2, 0.25) is 0 Å². The highest BCUT2D eigenvalue weighted by Crippen LogP contribution is 2.16. The molecule has 0 aliphatic heterocycles. The van der Waals surface area contributed by atoms with Crippen molar-refractivity contribution in [2.24, 2.45) is 10.7 Å². The van der Waals surface area contributed by atoms with Crippen LogP contribution >= 0.6 is 11.6 Å². The fourth-order valence-corrected chi connectivity index (χ4v) is 1.98. The third kappa shape index (κ3) is 6.01. The molecule has 0 aliphatic carbocycles. The first-order valence-corrected chi connectivity index (χ1v) is 7.44. The van der Waals surface area contributed by atoms with Crippen molar-refractivity contribution in [3.05, 3.63) is 59.4 Å². The molecule has 0 atom stereocenters. The van der Waals surface area contributed by atoms with Crippen molar-refractivity contribution in [2.45, 2.75) is 6.42 Å². The number of nitrogens with zero attached hydrogens (tertiary/aromatic N) is 2. The second-order valence-corrected chi connectivity index (χ2v) is 5.01. The van der Waals surface area contributed by atoms with Gasteiger partial charge in [-0.2, -0.15) is 0 Å². The lowest BCUT2D eigenvalue weighted by Crippen LogP contribution is -2.35. The number of halogens is 1. The number of rotatable bonds is 7. The summed E-state index contributed by atoms with van der Waals surface area (Å²) >= 11 is 5.88. The Morgan fingerprint density at radius 1 is 1.27 bits per heavy atom. The van der Waals surface area contributed by atoms with Crippen LogP contribution in [0.3, 0.4) is 0 Å². The van der Waals surface area contributed by atoms with Gasteiger partial charge in [0.05, 0.1) is 6.54 Å². The molecule has 3 N–H and O–H groups in total. The monoisotopic (exact) mass is 318 g/mol. The minimum absolute atomic E-state index is 0.408. The zero-order valence-electron chi connectivity index (χ0n) is 12.2. The van der Waals surface area contributed by atoms with Crippen LogP contribution < -0.4 is 15.8 Å². The molecule has 0 spiro atoms. The molecule has 2 aromatic rings. The third-order valence-corrected chi connectivity index (χ3v) is 3.08. The predicted octanol–water partition coefficient (Wildman–Crippen LogP) is 2.26. The molecule has 5 nitrogen and oxygen atoms in total. The molecule has 0 saturated carbocycles. The van der Waals surface area contributed by atoms with E-state index in [1.807, 2.05) is 30.3 Å². The van der Waals surface area contributed by atoms with E-state index in [2.05, 4.69) is 15.3 Å². The first-order chi connectivity index (χ1) is 10.7. The first-order valence-electron chi connectivity index (χ1n) is 7.06. The van der Waals surface area contributed by atoms with Crippen LogP contribution in [-0.4, -0.2) is 30.6 Å². The van der Waals surface area contributed by atoms with E-state index in [1.165, 1.54) is 0 Å². The van der Waals surface area contributed by atoms with Gasteiger partial charge in [0.1, 0.15) is 12.4 Å². The normalized spacial score (nSPS) is 11.2. The molecular weight excluding hydrogens is 300 g/mol. The van der Waals surface area contributed by atoms with E-state index in [0.717, 1.165) is 17.9 Å². The summed E-state index contributed by atoms with van der Waals surface area (Å²) in [7, 11) is 0. The number of guanidine groups is 1. The molecule has 1 heterocycles. The summed E-state index contributed by atoms with van der Waals surface area (Å²) < 4.78 is 5.54. The van der Waals surface area contributed by atoms with E-state index < -0.39 is 0 Å². The molecule has 0 saturated heterocycles. The smallest absolute Gasteiger partial charge is 0.188 e. The van der Waals surface area contributed by atoms with Crippen LogP contribution in [-0.2, 0) is 6.42 Å². The average Bonchev–Trinajstić information content (AvgIpc) is 2.53. The third-order valence-electron chi connectivity index (χ3n) is 2.85. The van der Waals surface area contributed by atoms with Gasteiger partial charge in [-0.3, -0.25) is 9.98 Å². The summed E-state index contributed by atoms with van der Waals surface area (Å²) in [5, 5.41) is 3.66. The van der Waals surface area contributed by atoms with E-state index in [-0.39, 0.29) is 0 Å². The van der Waals surface area contributed by atoms with Crippen molar-refractivity contribution in [3.8, 4) is 5.75 Å². The maximum atomic E-state index is 5.88. The van der Waals surface area contributed by atoms with Gasteiger partial charge < -0.3 is 15.8 Å². The molecule has 0 amide bonds. The summed E-state index contributed by atoms with van der Waals surface area (Å²) in [6, 6.07) is 13.1. The number of aromatic nitrogens is 1. The lowest BCUT2D eigenvalue weighted by atomic mass is 10.3. The molecule has 0 radical (unpaired) electrons. The summed E-state index contributed by atoms with van der Waals surface area (Å²) in [5.74, 6) is 1.14. The Morgan fingerprint density at radius 3 is 2.95 bits per heavy atom. The van der Waals surface area contributed by atoms with E-state index in [1.54, 1.807) is 18.3 Å². The zero-order valence-corrected chi connectivity index (χ0v) is 13.0. The Balaban J connectivity index is 1.63. The Labute approximate surface area is 135 Å². The highest BCUT2D eigenvalue weighted by Gasteiger charge is 1.96. The Hall–Kier alpha value is -2.27.